The zero-order chi connectivity index (χ0) is 39.8. The monoisotopic (exact) mass is 766 g/mol. The first-order chi connectivity index (χ1) is 29.8. The van der Waals surface area contributed by atoms with Crippen molar-refractivity contribution in [1.82, 2.24) is 0 Å². The van der Waals surface area contributed by atoms with Gasteiger partial charge in [0, 0.05) is 34.1 Å². The minimum absolute atomic E-state index is 0.960. The Morgan fingerprint density at radius 3 is 1.37 bits per heavy atom. The summed E-state index contributed by atoms with van der Waals surface area (Å²) in [6.45, 7) is 0. The summed E-state index contributed by atoms with van der Waals surface area (Å²) in [6.07, 6.45) is 4.36. The van der Waals surface area contributed by atoms with Crippen molar-refractivity contribution >= 4 is 78.1 Å². The molecule has 0 saturated carbocycles. The first-order valence-electron chi connectivity index (χ1n) is 20.9. The first kappa shape index (κ1) is 35.5. The standard InChI is InChI=1S/C58H42N2/c1-5-23-43(24-6-1)59(44-25-7-2-8-26-44)47-35-37-53-55(39-47)57(51-33-17-21-41-19-13-15-31-49(41)51)54-38-36-48(60(45-27-9-3-10-28-45)46-29-11-4-12-30-46)40-56(54)58(53)52-34-18-22-42-20-14-16-32-50(42)52/h1-17,19-33,35-40H,18,34H2. The third kappa shape index (κ3) is 6.22. The molecule has 0 fully saturated rings. The molecule has 0 spiro atoms. The molecule has 0 saturated heterocycles. The summed E-state index contributed by atoms with van der Waals surface area (Å²) in [5.41, 5.74) is 11.9. The molecule has 0 N–H and O–H groups in total. The lowest BCUT2D eigenvalue weighted by Gasteiger charge is -2.28. The molecule has 0 radical (unpaired) electrons. The summed E-state index contributed by atoms with van der Waals surface area (Å²) in [4.78, 5) is 4.77. The largest absolute Gasteiger partial charge is 0.310 e. The van der Waals surface area contributed by atoms with Gasteiger partial charge < -0.3 is 9.80 Å². The van der Waals surface area contributed by atoms with Crippen molar-refractivity contribution in [3.63, 3.8) is 0 Å². The fraction of sp³-hybridized carbons (Fsp3) is 0.0345. The molecule has 0 amide bonds. The van der Waals surface area contributed by atoms with E-state index in [1.54, 1.807) is 0 Å². The van der Waals surface area contributed by atoms with E-state index in [0.29, 0.717) is 0 Å². The molecule has 10 aromatic carbocycles. The van der Waals surface area contributed by atoms with Crippen molar-refractivity contribution in [2.75, 3.05) is 9.80 Å². The molecular formula is C58H42N2. The van der Waals surface area contributed by atoms with Crippen molar-refractivity contribution in [2.45, 2.75) is 12.8 Å². The molecule has 0 bridgehead atoms. The number of para-hydroxylation sites is 4. The molecule has 2 heteroatoms. The zero-order valence-corrected chi connectivity index (χ0v) is 33.2. The van der Waals surface area contributed by atoms with E-state index >= 15 is 0 Å². The van der Waals surface area contributed by atoms with E-state index < -0.39 is 0 Å². The molecule has 284 valence electrons. The molecule has 0 unspecified atom stereocenters. The topological polar surface area (TPSA) is 6.48 Å². The van der Waals surface area contributed by atoms with Gasteiger partial charge in [-0.1, -0.05) is 158 Å². The third-order valence-corrected chi connectivity index (χ3v) is 12.1. The van der Waals surface area contributed by atoms with E-state index in [2.05, 4.69) is 240 Å². The van der Waals surface area contributed by atoms with Crippen LogP contribution in [0, 0.1) is 0 Å². The number of rotatable bonds is 8. The molecule has 0 aromatic heterocycles. The van der Waals surface area contributed by atoms with Gasteiger partial charge in [0.15, 0.2) is 0 Å². The average molecular weight is 767 g/mol. The molecule has 11 rings (SSSR count). The Hall–Kier alpha value is -7.68. The van der Waals surface area contributed by atoms with Crippen LogP contribution in [-0.2, 0) is 0 Å². The predicted octanol–water partition coefficient (Wildman–Crippen LogP) is 14.5. The van der Waals surface area contributed by atoms with E-state index in [1.807, 2.05) is 0 Å². The average Bonchev–Trinajstić information content (AvgIpc) is 3.32. The quantitative estimate of drug-likeness (QED) is 0.142. The summed E-state index contributed by atoms with van der Waals surface area (Å²) in [5, 5.41) is 10.1. The summed E-state index contributed by atoms with van der Waals surface area (Å²) in [7, 11) is 0. The fourth-order valence-corrected chi connectivity index (χ4v) is 9.46. The van der Waals surface area contributed by atoms with E-state index in [4.69, 9.17) is 0 Å². The van der Waals surface area contributed by atoms with Crippen molar-refractivity contribution < 1.29 is 0 Å². The van der Waals surface area contributed by atoms with Crippen LogP contribution in [-0.4, -0.2) is 0 Å². The van der Waals surface area contributed by atoms with Gasteiger partial charge in [-0.05, 0) is 151 Å². The van der Waals surface area contributed by atoms with Crippen LogP contribution < -0.4 is 20.2 Å². The van der Waals surface area contributed by atoms with Crippen LogP contribution in [0.15, 0.2) is 224 Å². The van der Waals surface area contributed by atoms with Gasteiger partial charge in [-0.15, -0.1) is 0 Å². The zero-order valence-electron chi connectivity index (χ0n) is 33.2. The van der Waals surface area contributed by atoms with Gasteiger partial charge in [-0.25, -0.2) is 0 Å². The number of anilines is 6. The SMILES string of the molecule is C1=c2ccccc2=C(c2c3cc(N(c4ccccc4)c4ccccc4)ccc3c(-c3cccc4ccccc34)c3cc(N(c4ccccc4)c4ccccc4)ccc23)CC1. The van der Waals surface area contributed by atoms with Gasteiger partial charge in [0.25, 0.3) is 0 Å². The van der Waals surface area contributed by atoms with Crippen LogP contribution in [0.5, 0.6) is 0 Å². The Morgan fingerprint density at radius 2 is 0.783 bits per heavy atom. The second kappa shape index (κ2) is 15.2. The van der Waals surface area contributed by atoms with E-state index in [9.17, 15) is 0 Å². The minimum Gasteiger partial charge on any atom is -0.310 e. The Kier molecular flexibility index (Phi) is 9.02. The molecule has 2 nitrogen and oxygen atoms in total. The molecular weight excluding hydrogens is 725 g/mol. The maximum absolute atomic E-state index is 2.46. The Labute approximate surface area is 350 Å². The lowest BCUT2D eigenvalue weighted by atomic mass is 9.82. The molecule has 10 aromatic rings. The normalized spacial score (nSPS) is 12.3. The highest BCUT2D eigenvalue weighted by Gasteiger charge is 2.24. The van der Waals surface area contributed by atoms with Crippen LogP contribution in [0.4, 0.5) is 34.1 Å². The van der Waals surface area contributed by atoms with E-state index in [-0.39, 0.29) is 0 Å². The maximum Gasteiger partial charge on any atom is 0.0468 e. The van der Waals surface area contributed by atoms with Gasteiger partial charge in [-0.2, -0.15) is 0 Å². The van der Waals surface area contributed by atoms with E-state index in [0.717, 1.165) is 47.0 Å². The van der Waals surface area contributed by atoms with Crippen molar-refractivity contribution in [1.29, 1.82) is 0 Å². The summed E-state index contributed by atoms with van der Waals surface area (Å²) >= 11 is 0. The van der Waals surface area contributed by atoms with Crippen molar-refractivity contribution in [3.8, 4) is 11.1 Å². The molecule has 1 aliphatic rings. The first-order valence-corrected chi connectivity index (χ1v) is 20.9. The number of nitrogens with zero attached hydrogens (tertiary/aromatic N) is 2. The minimum atomic E-state index is 0.960. The molecule has 1 aliphatic carbocycles. The second-order valence-electron chi connectivity index (χ2n) is 15.6. The lowest BCUT2D eigenvalue weighted by molar-refractivity contribution is 1.08. The Morgan fingerprint density at radius 1 is 0.317 bits per heavy atom. The fourth-order valence-electron chi connectivity index (χ4n) is 9.46. The van der Waals surface area contributed by atoms with Gasteiger partial charge in [0.2, 0.25) is 0 Å². The van der Waals surface area contributed by atoms with Gasteiger partial charge in [0.1, 0.15) is 0 Å². The smallest absolute Gasteiger partial charge is 0.0468 e. The second-order valence-corrected chi connectivity index (χ2v) is 15.6. The summed E-state index contributed by atoms with van der Waals surface area (Å²) < 4.78 is 0. The highest BCUT2D eigenvalue weighted by Crippen LogP contribution is 2.48. The van der Waals surface area contributed by atoms with Gasteiger partial charge in [0.05, 0.1) is 0 Å². The molecule has 60 heavy (non-hydrogen) atoms. The highest BCUT2D eigenvalue weighted by molar-refractivity contribution is 6.22. The molecule has 0 aliphatic heterocycles. The Balaban J connectivity index is 1.30. The number of hydrogen-bond donors (Lipinski definition) is 0. The lowest BCUT2D eigenvalue weighted by Crippen LogP contribution is -2.29. The van der Waals surface area contributed by atoms with Crippen LogP contribution >= 0.6 is 0 Å². The summed E-state index contributed by atoms with van der Waals surface area (Å²) in [6, 6.07) is 81.9. The number of fused-ring (bicyclic) bond motifs is 4. The summed E-state index contributed by atoms with van der Waals surface area (Å²) in [5.74, 6) is 0. The van der Waals surface area contributed by atoms with Crippen LogP contribution in [0.25, 0.3) is 55.1 Å². The van der Waals surface area contributed by atoms with Crippen molar-refractivity contribution in [3.05, 3.63) is 240 Å². The van der Waals surface area contributed by atoms with E-state index in [1.165, 1.54) is 65.0 Å². The van der Waals surface area contributed by atoms with Crippen LogP contribution in [0.2, 0.25) is 0 Å². The predicted molar refractivity (Wildman–Crippen MR) is 256 cm³/mol. The van der Waals surface area contributed by atoms with Gasteiger partial charge >= 0.3 is 0 Å². The molecule has 0 heterocycles. The maximum atomic E-state index is 2.46. The van der Waals surface area contributed by atoms with Gasteiger partial charge in [-0.3, -0.25) is 0 Å². The Bertz CT molecular complexity index is 3220. The third-order valence-electron chi connectivity index (χ3n) is 12.1. The van der Waals surface area contributed by atoms with Crippen LogP contribution in [0.1, 0.15) is 18.4 Å². The molecule has 0 atom stereocenters. The highest BCUT2D eigenvalue weighted by atomic mass is 15.1. The number of benzene rings is 10. The number of hydrogen-bond acceptors (Lipinski definition) is 2. The van der Waals surface area contributed by atoms with Crippen molar-refractivity contribution in [2.24, 2.45) is 0 Å². The van der Waals surface area contributed by atoms with Crippen LogP contribution in [0.3, 0.4) is 0 Å².